The maximum absolute atomic E-state index is 13.1. The second kappa shape index (κ2) is 11.4. The van der Waals surface area contributed by atoms with Crippen LogP contribution >= 0.6 is 23.4 Å². The van der Waals surface area contributed by atoms with Crippen LogP contribution in [0.5, 0.6) is 0 Å². The van der Waals surface area contributed by atoms with Crippen molar-refractivity contribution >= 4 is 52.5 Å². The number of hydrogen-bond donors (Lipinski definition) is 2. The third-order valence-electron chi connectivity index (χ3n) is 4.13. The minimum atomic E-state index is -0.752. The minimum absolute atomic E-state index is 0.00871. The first-order valence-corrected chi connectivity index (χ1v) is 10.9. The number of benzene rings is 3. The molecule has 0 spiro atoms. The first-order chi connectivity index (χ1) is 15.8. The molecule has 0 fully saturated rings. The van der Waals surface area contributed by atoms with Crippen molar-refractivity contribution in [2.75, 3.05) is 23.0 Å². The zero-order valence-electron chi connectivity index (χ0n) is 16.9. The second-order valence-electron chi connectivity index (χ2n) is 6.59. The number of nitrogens with one attached hydrogen (secondary N) is 2. The molecule has 33 heavy (non-hydrogen) atoms. The second-order valence-corrected chi connectivity index (χ2v) is 8.01. The Bertz CT molecular complexity index is 1180. The highest BCUT2D eigenvalue weighted by molar-refractivity contribution is 8.00. The summed E-state index contributed by atoms with van der Waals surface area (Å²) in [7, 11) is 0. The van der Waals surface area contributed by atoms with Crippen molar-refractivity contribution in [2.24, 2.45) is 0 Å². The van der Waals surface area contributed by atoms with Crippen molar-refractivity contribution in [1.82, 2.24) is 0 Å². The third kappa shape index (κ3) is 7.30. The zero-order chi connectivity index (χ0) is 23.8. The van der Waals surface area contributed by atoms with Crippen LogP contribution in [-0.4, -0.2) is 30.1 Å². The van der Waals surface area contributed by atoms with Gasteiger partial charge in [-0.3, -0.25) is 9.59 Å². The number of amides is 2. The molecule has 3 rings (SSSR count). The summed E-state index contributed by atoms with van der Waals surface area (Å²) in [6, 6.07) is 15.3. The Balaban J connectivity index is 1.54. The quantitative estimate of drug-likeness (QED) is 0.337. The van der Waals surface area contributed by atoms with Crippen LogP contribution in [0, 0.1) is 11.6 Å². The van der Waals surface area contributed by atoms with Gasteiger partial charge < -0.3 is 15.4 Å². The lowest BCUT2D eigenvalue weighted by atomic mass is 10.2. The number of esters is 1. The molecule has 0 bridgehead atoms. The molecule has 3 aromatic carbocycles. The molecule has 0 aliphatic carbocycles. The molecule has 0 saturated carbocycles. The van der Waals surface area contributed by atoms with Crippen molar-refractivity contribution in [1.29, 1.82) is 0 Å². The van der Waals surface area contributed by atoms with Crippen LogP contribution in [-0.2, 0) is 14.3 Å². The first-order valence-electron chi connectivity index (χ1n) is 9.51. The highest BCUT2D eigenvalue weighted by Gasteiger charge is 2.16. The number of halogens is 3. The van der Waals surface area contributed by atoms with Crippen molar-refractivity contribution in [3.8, 4) is 0 Å². The zero-order valence-corrected chi connectivity index (χ0v) is 18.5. The predicted molar refractivity (Wildman–Crippen MR) is 123 cm³/mol. The Hall–Kier alpha value is -3.43. The summed E-state index contributed by atoms with van der Waals surface area (Å²) >= 11 is 6.96. The number of anilines is 2. The molecule has 3 aromatic rings. The molecule has 2 N–H and O–H groups in total. The highest BCUT2D eigenvalue weighted by atomic mass is 35.5. The molecule has 0 saturated heterocycles. The van der Waals surface area contributed by atoms with Gasteiger partial charge in [0.05, 0.1) is 22.0 Å². The summed E-state index contributed by atoms with van der Waals surface area (Å²) < 4.78 is 31.1. The number of hydrogen-bond acceptors (Lipinski definition) is 5. The number of rotatable bonds is 8. The van der Waals surface area contributed by atoms with E-state index in [-0.39, 0.29) is 27.9 Å². The van der Waals surface area contributed by atoms with Gasteiger partial charge in [-0.2, -0.15) is 0 Å². The molecule has 0 aliphatic rings. The first kappa shape index (κ1) is 24.2. The standard InChI is InChI=1S/C23H17ClF2N2O4S/c24-18-11-15(26)7-10-19(18)28-21(29)12-32-23(31)17-3-1-2-4-20(17)33-13-22(30)27-16-8-5-14(25)6-9-16/h1-11H,12-13H2,(H,27,30)(H,28,29). The van der Waals surface area contributed by atoms with E-state index >= 15 is 0 Å². The van der Waals surface area contributed by atoms with E-state index in [0.717, 1.165) is 23.9 Å². The summed E-state index contributed by atoms with van der Waals surface area (Å²) in [5.74, 6) is -2.72. The molecule has 2 amide bonds. The van der Waals surface area contributed by atoms with Gasteiger partial charge in [0, 0.05) is 10.6 Å². The lowest BCUT2D eigenvalue weighted by molar-refractivity contribution is -0.119. The lowest BCUT2D eigenvalue weighted by Gasteiger charge is -2.11. The van der Waals surface area contributed by atoms with E-state index in [1.54, 1.807) is 18.2 Å². The lowest BCUT2D eigenvalue weighted by Crippen LogP contribution is -2.21. The van der Waals surface area contributed by atoms with E-state index in [4.69, 9.17) is 16.3 Å². The van der Waals surface area contributed by atoms with Crippen LogP contribution in [0.25, 0.3) is 0 Å². The van der Waals surface area contributed by atoms with Gasteiger partial charge in [-0.1, -0.05) is 23.7 Å². The SMILES string of the molecule is O=C(CSc1ccccc1C(=O)OCC(=O)Nc1ccc(F)cc1Cl)Nc1ccc(F)cc1. The average molecular weight is 491 g/mol. The number of thioether (sulfide) groups is 1. The number of ether oxygens (including phenoxy) is 1. The Morgan fingerprint density at radius 1 is 0.879 bits per heavy atom. The minimum Gasteiger partial charge on any atom is -0.452 e. The van der Waals surface area contributed by atoms with Gasteiger partial charge in [-0.25, -0.2) is 13.6 Å². The van der Waals surface area contributed by atoms with E-state index < -0.39 is 30.1 Å². The Kier molecular flexibility index (Phi) is 8.39. The monoisotopic (exact) mass is 490 g/mol. The Labute approximate surface area is 197 Å². The number of carbonyl (C=O) groups is 3. The van der Waals surface area contributed by atoms with Crippen molar-refractivity contribution in [3.05, 3.63) is 89.0 Å². The van der Waals surface area contributed by atoms with E-state index in [1.165, 1.54) is 36.4 Å². The van der Waals surface area contributed by atoms with Crippen LogP contribution in [0.1, 0.15) is 10.4 Å². The molecular formula is C23H17ClF2N2O4S. The topological polar surface area (TPSA) is 84.5 Å². The molecule has 0 heterocycles. The fourth-order valence-electron chi connectivity index (χ4n) is 2.62. The molecule has 0 aromatic heterocycles. The van der Waals surface area contributed by atoms with Gasteiger partial charge in [-0.05, 0) is 54.6 Å². The van der Waals surface area contributed by atoms with Crippen molar-refractivity contribution in [3.63, 3.8) is 0 Å². The van der Waals surface area contributed by atoms with E-state index in [0.29, 0.717) is 10.6 Å². The van der Waals surface area contributed by atoms with Crippen molar-refractivity contribution < 1.29 is 27.9 Å². The van der Waals surface area contributed by atoms with E-state index in [9.17, 15) is 23.2 Å². The maximum Gasteiger partial charge on any atom is 0.339 e. The molecule has 10 heteroatoms. The Morgan fingerprint density at radius 3 is 2.30 bits per heavy atom. The van der Waals surface area contributed by atoms with Crippen LogP contribution in [0.3, 0.4) is 0 Å². The van der Waals surface area contributed by atoms with Crippen LogP contribution in [0.15, 0.2) is 71.6 Å². The van der Waals surface area contributed by atoms with E-state index in [2.05, 4.69) is 10.6 Å². The fourth-order valence-corrected chi connectivity index (χ4v) is 3.68. The third-order valence-corrected chi connectivity index (χ3v) is 5.52. The molecule has 0 radical (unpaired) electrons. The molecule has 6 nitrogen and oxygen atoms in total. The van der Waals surface area contributed by atoms with Crippen molar-refractivity contribution in [2.45, 2.75) is 4.90 Å². The smallest absolute Gasteiger partial charge is 0.339 e. The largest absolute Gasteiger partial charge is 0.452 e. The summed E-state index contributed by atoms with van der Waals surface area (Å²) in [6.45, 7) is -0.587. The predicted octanol–water partition coefficient (Wildman–Crippen LogP) is 5.14. The normalized spacial score (nSPS) is 10.4. The van der Waals surface area contributed by atoms with Gasteiger partial charge in [-0.15, -0.1) is 11.8 Å². The summed E-state index contributed by atoms with van der Waals surface area (Å²) in [4.78, 5) is 37.2. The molecular weight excluding hydrogens is 474 g/mol. The van der Waals surface area contributed by atoms with Crippen LogP contribution in [0.4, 0.5) is 20.2 Å². The van der Waals surface area contributed by atoms with Crippen LogP contribution in [0.2, 0.25) is 5.02 Å². The molecule has 170 valence electrons. The molecule has 0 atom stereocenters. The van der Waals surface area contributed by atoms with Gasteiger partial charge >= 0.3 is 5.97 Å². The van der Waals surface area contributed by atoms with E-state index in [1.807, 2.05) is 0 Å². The number of carbonyl (C=O) groups excluding carboxylic acids is 3. The van der Waals surface area contributed by atoms with Crippen LogP contribution < -0.4 is 10.6 Å². The summed E-state index contributed by atoms with van der Waals surface area (Å²) in [5.41, 5.74) is 0.814. The average Bonchev–Trinajstić information content (AvgIpc) is 2.79. The van der Waals surface area contributed by atoms with Gasteiger partial charge in [0.25, 0.3) is 5.91 Å². The maximum atomic E-state index is 13.1. The molecule has 0 unspecified atom stereocenters. The van der Waals surface area contributed by atoms with Gasteiger partial charge in [0.15, 0.2) is 6.61 Å². The Morgan fingerprint density at radius 2 is 1.58 bits per heavy atom. The van der Waals surface area contributed by atoms with Gasteiger partial charge in [0.2, 0.25) is 5.91 Å². The summed E-state index contributed by atoms with van der Waals surface area (Å²) in [5, 5.41) is 5.07. The fraction of sp³-hybridized carbons (Fsp3) is 0.0870. The molecule has 0 aliphatic heterocycles. The highest BCUT2D eigenvalue weighted by Crippen LogP contribution is 2.24. The van der Waals surface area contributed by atoms with Gasteiger partial charge in [0.1, 0.15) is 11.6 Å². The summed E-state index contributed by atoms with van der Waals surface area (Å²) in [6.07, 6.45) is 0.